The Morgan fingerprint density at radius 2 is 2.29 bits per heavy atom. The minimum Gasteiger partial charge on any atom is -0.351 e. The maximum absolute atomic E-state index is 4.42. The SMILES string of the molecule is CN1CCN=C1NCc1cc2ccccc2s1. The Kier molecular flexibility index (Phi) is 2.73. The number of hydrogen-bond acceptors (Lipinski definition) is 4. The first-order chi connectivity index (χ1) is 8.33. The third kappa shape index (κ3) is 2.13. The van der Waals surface area contributed by atoms with Crippen LogP contribution in [0.5, 0.6) is 0 Å². The topological polar surface area (TPSA) is 27.6 Å². The average molecular weight is 245 g/mol. The Morgan fingerprint density at radius 1 is 1.41 bits per heavy atom. The van der Waals surface area contributed by atoms with Crippen LogP contribution in [0.15, 0.2) is 35.3 Å². The third-order valence-electron chi connectivity index (χ3n) is 2.96. The van der Waals surface area contributed by atoms with Crippen molar-refractivity contribution in [2.45, 2.75) is 6.54 Å². The fourth-order valence-electron chi connectivity index (χ4n) is 2.01. The second kappa shape index (κ2) is 4.37. The summed E-state index contributed by atoms with van der Waals surface area (Å²) in [5, 5.41) is 4.72. The van der Waals surface area contributed by atoms with Crippen molar-refractivity contribution in [2.75, 3.05) is 20.1 Å². The van der Waals surface area contributed by atoms with Crippen LogP contribution in [-0.2, 0) is 6.54 Å². The summed E-state index contributed by atoms with van der Waals surface area (Å²) in [7, 11) is 2.07. The van der Waals surface area contributed by atoms with Gasteiger partial charge >= 0.3 is 0 Å². The van der Waals surface area contributed by atoms with Crippen molar-refractivity contribution in [3.63, 3.8) is 0 Å². The molecule has 1 aromatic heterocycles. The van der Waals surface area contributed by atoms with E-state index in [0.717, 1.165) is 25.6 Å². The Morgan fingerprint density at radius 3 is 3.06 bits per heavy atom. The number of hydrogen-bond donors (Lipinski definition) is 1. The van der Waals surface area contributed by atoms with Gasteiger partial charge in [0.05, 0.1) is 13.1 Å². The highest BCUT2D eigenvalue weighted by atomic mass is 32.1. The molecule has 1 aliphatic heterocycles. The lowest BCUT2D eigenvalue weighted by Gasteiger charge is -2.14. The van der Waals surface area contributed by atoms with Crippen molar-refractivity contribution >= 4 is 27.4 Å². The highest BCUT2D eigenvalue weighted by Gasteiger charge is 2.11. The van der Waals surface area contributed by atoms with E-state index in [-0.39, 0.29) is 0 Å². The van der Waals surface area contributed by atoms with Gasteiger partial charge in [-0.1, -0.05) is 18.2 Å². The Hall–Kier alpha value is -1.55. The van der Waals surface area contributed by atoms with Gasteiger partial charge in [0.2, 0.25) is 0 Å². The molecular formula is C13H15N3S. The molecule has 1 aliphatic rings. The van der Waals surface area contributed by atoms with Crippen LogP contribution >= 0.6 is 11.3 Å². The van der Waals surface area contributed by atoms with Gasteiger partial charge in [-0.05, 0) is 17.5 Å². The number of nitrogens with zero attached hydrogens (tertiary/aromatic N) is 2. The van der Waals surface area contributed by atoms with E-state index in [9.17, 15) is 0 Å². The van der Waals surface area contributed by atoms with Crippen LogP contribution in [0.3, 0.4) is 0 Å². The van der Waals surface area contributed by atoms with Crippen molar-refractivity contribution in [1.29, 1.82) is 0 Å². The van der Waals surface area contributed by atoms with E-state index in [4.69, 9.17) is 0 Å². The van der Waals surface area contributed by atoms with E-state index < -0.39 is 0 Å². The maximum atomic E-state index is 4.42. The highest BCUT2D eigenvalue weighted by Crippen LogP contribution is 2.24. The number of rotatable bonds is 2. The van der Waals surface area contributed by atoms with Crippen LogP contribution < -0.4 is 5.32 Å². The lowest BCUT2D eigenvalue weighted by molar-refractivity contribution is 0.534. The molecule has 0 atom stereocenters. The number of aliphatic imine (C=N–C) groups is 1. The minimum absolute atomic E-state index is 0.864. The number of thiophene rings is 1. The van der Waals surface area contributed by atoms with Gasteiger partial charge in [0.15, 0.2) is 5.96 Å². The van der Waals surface area contributed by atoms with Gasteiger partial charge in [-0.2, -0.15) is 0 Å². The number of guanidine groups is 1. The molecule has 2 heterocycles. The molecule has 0 fully saturated rings. The van der Waals surface area contributed by atoms with E-state index in [1.165, 1.54) is 15.0 Å². The van der Waals surface area contributed by atoms with Gasteiger partial charge in [-0.25, -0.2) is 0 Å². The van der Waals surface area contributed by atoms with Crippen molar-refractivity contribution < 1.29 is 0 Å². The first-order valence-corrected chi connectivity index (χ1v) is 6.61. The number of fused-ring (bicyclic) bond motifs is 1. The van der Waals surface area contributed by atoms with Crippen LogP contribution in [0.1, 0.15) is 4.88 Å². The highest BCUT2D eigenvalue weighted by molar-refractivity contribution is 7.19. The molecule has 1 N–H and O–H groups in total. The lowest BCUT2D eigenvalue weighted by Crippen LogP contribution is -2.34. The van der Waals surface area contributed by atoms with Crippen LogP contribution in [0, 0.1) is 0 Å². The van der Waals surface area contributed by atoms with Crippen molar-refractivity contribution in [3.05, 3.63) is 35.2 Å². The van der Waals surface area contributed by atoms with Gasteiger partial charge in [-0.3, -0.25) is 4.99 Å². The lowest BCUT2D eigenvalue weighted by atomic mass is 10.2. The third-order valence-corrected chi connectivity index (χ3v) is 4.07. The molecule has 0 saturated carbocycles. The van der Waals surface area contributed by atoms with E-state index in [1.807, 2.05) is 11.3 Å². The van der Waals surface area contributed by atoms with E-state index in [1.54, 1.807) is 0 Å². The van der Waals surface area contributed by atoms with Gasteiger partial charge < -0.3 is 10.2 Å². The molecule has 0 bridgehead atoms. The first-order valence-electron chi connectivity index (χ1n) is 5.80. The van der Waals surface area contributed by atoms with Gasteiger partial charge in [-0.15, -0.1) is 11.3 Å². The second-order valence-electron chi connectivity index (χ2n) is 4.23. The standard InChI is InChI=1S/C13H15N3S/c1-16-7-6-14-13(16)15-9-11-8-10-4-2-3-5-12(10)17-11/h2-5,8H,6-7,9H2,1H3,(H,14,15). The molecule has 3 nitrogen and oxygen atoms in total. The molecule has 2 aromatic rings. The largest absolute Gasteiger partial charge is 0.351 e. The smallest absolute Gasteiger partial charge is 0.194 e. The molecule has 17 heavy (non-hydrogen) atoms. The second-order valence-corrected chi connectivity index (χ2v) is 5.40. The number of likely N-dealkylation sites (N-methyl/N-ethyl adjacent to an activating group) is 1. The Balaban J connectivity index is 1.72. The molecule has 0 radical (unpaired) electrons. The monoisotopic (exact) mass is 245 g/mol. The molecule has 0 saturated heterocycles. The van der Waals surface area contributed by atoms with Crippen molar-refractivity contribution in [3.8, 4) is 0 Å². The fourth-order valence-corrected chi connectivity index (χ4v) is 3.02. The van der Waals surface area contributed by atoms with Crippen molar-refractivity contribution in [2.24, 2.45) is 4.99 Å². The molecule has 0 unspecified atom stereocenters. The average Bonchev–Trinajstić information content (AvgIpc) is 2.92. The minimum atomic E-state index is 0.864. The van der Waals surface area contributed by atoms with Crippen LogP contribution in [0.25, 0.3) is 10.1 Å². The molecule has 0 spiro atoms. The van der Waals surface area contributed by atoms with Gasteiger partial charge in [0, 0.05) is 23.2 Å². The van der Waals surface area contributed by atoms with Crippen molar-refractivity contribution in [1.82, 2.24) is 10.2 Å². The van der Waals surface area contributed by atoms with E-state index >= 15 is 0 Å². The quantitative estimate of drug-likeness (QED) is 0.879. The summed E-state index contributed by atoms with van der Waals surface area (Å²) in [6.07, 6.45) is 0. The number of nitrogens with one attached hydrogen (secondary N) is 1. The zero-order chi connectivity index (χ0) is 11.7. The fraction of sp³-hybridized carbons (Fsp3) is 0.308. The predicted molar refractivity (Wildman–Crippen MR) is 73.6 cm³/mol. The summed E-state index contributed by atoms with van der Waals surface area (Å²) >= 11 is 1.85. The molecule has 0 amide bonds. The Labute approximate surface area is 105 Å². The molecule has 1 aromatic carbocycles. The van der Waals surface area contributed by atoms with Crippen LogP contribution in [0.4, 0.5) is 0 Å². The summed E-state index contributed by atoms with van der Waals surface area (Å²) < 4.78 is 1.35. The predicted octanol–water partition coefficient (Wildman–Crippen LogP) is 2.29. The zero-order valence-corrected chi connectivity index (χ0v) is 10.6. The van der Waals surface area contributed by atoms with Crippen LogP contribution in [-0.4, -0.2) is 31.0 Å². The van der Waals surface area contributed by atoms with E-state index in [0.29, 0.717) is 0 Å². The summed E-state index contributed by atoms with van der Waals surface area (Å²) in [6, 6.07) is 10.8. The summed E-state index contributed by atoms with van der Waals surface area (Å²) in [4.78, 5) is 7.94. The molecular weight excluding hydrogens is 230 g/mol. The van der Waals surface area contributed by atoms with Gasteiger partial charge in [0.25, 0.3) is 0 Å². The Bertz CT molecular complexity index is 526. The summed E-state index contributed by atoms with van der Waals surface area (Å²) in [5.74, 6) is 1.02. The normalized spacial score (nSPS) is 15.4. The number of benzene rings is 1. The molecule has 3 rings (SSSR count). The zero-order valence-electron chi connectivity index (χ0n) is 9.81. The van der Waals surface area contributed by atoms with Gasteiger partial charge in [0.1, 0.15) is 0 Å². The van der Waals surface area contributed by atoms with Crippen LogP contribution in [0.2, 0.25) is 0 Å². The molecule has 88 valence electrons. The molecule has 4 heteroatoms. The summed E-state index contributed by atoms with van der Waals surface area (Å²) in [5.41, 5.74) is 0. The molecule has 0 aliphatic carbocycles. The van der Waals surface area contributed by atoms with E-state index in [2.05, 4.69) is 52.6 Å². The summed E-state index contributed by atoms with van der Waals surface area (Å²) in [6.45, 7) is 2.79. The first kappa shape index (κ1) is 10.6. The maximum Gasteiger partial charge on any atom is 0.194 e.